The lowest BCUT2D eigenvalue weighted by Gasteiger charge is -2.38. The average molecular weight is 534 g/mol. The van der Waals surface area contributed by atoms with E-state index in [9.17, 15) is 9.90 Å². The molecule has 10 heteroatoms. The van der Waals surface area contributed by atoms with Gasteiger partial charge in [0.1, 0.15) is 12.1 Å². The average Bonchev–Trinajstić information content (AvgIpc) is 3.20. The highest BCUT2D eigenvalue weighted by Crippen LogP contribution is 2.42. The van der Waals surface area contributed by atoms with Crippen molar-refractivity contribution in [1.82, 2.24) is 20.2 Å². The number of hydrogen-bond donors (Lipinski definition) is 2. The van der Waals surface area contributed by atoms with Gasteiger partial charge in [0.05, 0.1) is 27.8 Å². The molecule has 3 aliphatic rings. The Morgan fingerprint density at radius 2 is 1.92 bits per heavy atom. The first-order chi connectivity index (χ1) is 17.4. The minimum absolute atomic E-state index is 0.0873. The van der Waals surface area contributed by atoms with E-state index in [-0.39, 0.29) is 17.7 Å². The molecule has 5 rings (SSSR count). The molecule has 3 heterocycles. The molecule has 1 aromatic carbocycles. The minimum atomic E-state index is -0.533. The number of piperazine rings is 1. The summed E-state index contributed by atoms with van der Waals surface area (Å²) < 4.78 is 5.47. The summed E-state index contributed by atoms with van der Waals surface area (Å²) >= 11 is 12.5. The SMILES string of the molecule is C[C@@H]1C[C@@H](O)c2ncnc(N3CCN(C(=O)[C@H](CNC4CCOCC4)c4ccc(Cl)c(Cl)c4)CC3)c21. The molecular weight excluding hydrogens is 501 g/mol. The highest BCUT2D eigenvalue weighted by Gasteiger charge is 2.35. The number of carbonyl (C=O) groups is 1. The van der Waals surface area contributed by atoms with Crippen molar-refractivity contribution in [2.45, 2.75) is 50.2 Å². The maximum absolute atomic E-state index is 13.8. The number of amides is 1. The Bertz CT molecular complexity index is 1090. The Kier molecular flexibility index (Phi) is 7.98. The van der Waals surface area contributed by atoms with E-state index in [4.69, 9.17) is 27.9 Å². The van der Waals surface area contributed by atoms with E-state index in [1.807, 2.05) is 17.0 Å². The molecule has 1 aliphatic carbocycles. The number of carbonyl (C=O) groups excluding carboxylic acids is 1. The van der Waals surface area contributed by atoms with E-state index < -0.39 is 6.10 Å². The first-order valence-corrected chi connectivity index (χ1v) is 13.5. The maximum Gasteiger partial charge on any atom is 0.231 e. The summed E-state index contributed by atoms with van der Waals surface area (Å²) in [7, 11) is 0. The van der Waals surface area contributed by atoms with Gasteiger partial charge in [0, 0.05) is 57.5 Å². The molecule has 36 heavy (non-hydrogen) atoms. The molecule has 2 N–H and O–H groups in total. The van der Waals surface area contributed by atoms with Gasteiger partial charge in [-0.1, -0.05) is 36.2 Å². The van der Waals surface area contributed by atoms with Crippen LogP contribution in [-0.2, 0) is 9.53 Å². The summed E-state index contributed by atoms with van der Waals surface area (Å²) in [5.41, 5.74) is 2.65. The van der Waals surface area contributed by atoms with Crippen LogP contribution in [0, 0.1) is 0 Å². The predicted octanol–water partition coefficient (Wildman–Crippen LogP) is 3.53. The summed E-state index contributed by atoms with van der Waals surface area (Å²) in [6, 6.07) is 5.81. The minimum Gasteiger partial charge on any atom is -0.387 e. The predicted molar refractivity (Wildman–Crippen MR) is 140 cm³/mol. The van der Waals surface area contributed by atoms with Crippen LogP contribution in [0.4, 0.5) is 5.82 Å². The van der Waals surface area contributed by atoms with E-state index in [0.29, 0.717) is 55.2 Å². The van der Waals surface area contributed by atoms with Crippen LogP contribution in [0.15, 0.2) is 24.5 Å². The van der Waals surface area contributed by atoms with Crippen molar-refractivity contribution < 1.29 is 14.6 Å². The Hall–Kier alpha value is -1.97. The molecule has 2 aliphatic heterocycles. The molecule has 3 atom stereocenters. The van der Waals surface area contributed by atoms with Gasteiger partial charge in [0.25, 0.3) is 0 Å². The van der Waals surface area contributed by atoms with Gasteiger partial charge in [-0.15, -0.1) is 0 Å². The fourth-order valence-corrected chi connectivity index (χ4v) is 5.88. The molecule has 2 saturated heterocycles. The third kappa shape index (κ3) is 5.34. The molecule has 8 nitrogen and oxygen atoms in total. The van der Waals surface area contributed by atoms with Crippen LogP contribution >= 0.6 is 23.2 Å². The summed E-state index contributed by atoms with van der Waals surface area (Å²) in [4.78, 5) is 26.9. The largest absolute Gasteiger partial charge is 0.387 e. The van der Waals surface area contributed by atoms with Crippen LogP contribution in [0.2, 0.25) is 10.0 Å². The number of benzene rings is 1. The molecule has 1 amide bonds. The quantitative estimate of drug-likeness (QED) is 0.586. The van der Waals surface area contributed by atoms with Crippen LogP contribution in [-0.4, -0.2) is 77.9 Å². The number of hydrogen-bond acceptors (Lipinski definition) is 7. The number of aliphatic hydroxyl groups is 1. The monoisotopic (exact) mass is 533 g/mol. The van der Waals surface area contributed by atoms with E-state index in [0.717, 1.165) is 48.7 Å². The second-order valence-corrected chi connectivity index (χ2v) is 10.8. The summed E-state index contributed by atoms with van der Waals surface area (Å²) in [6.45, 7) is 6.69. The third-order valence-electron chi connectivity index (χ3n) is 7.65. The zero-order chi connectivity index (χ0) is 25.2. The zero-order valence-electron chi connectivity index (χ0n) is 20.5. The molecule has 194 valence electrons. The van der Waals surface area contributed by atoms with Crippen molar-refractivity contribution in [2.75, 3.05) is 50.8 Å². The fourth-order valence-electron chi connectivity index (χ4n) is 5.58. The third-order valence-corrected chi connectivity index (χ3v) is 8.38. The van der Waals surface area contributed by atoms with Crippen molar-refractivity contribution in [3.63, 3.8) is 0 Å². The number of anilines is 1. The standard InChI is InChI=1S/C26H33Cl2N5O3/c1-16-12-22(34)24-23(16)25(31-15-30-24)32-6-8-33(9-7-32)26(35)19(14-29-18-4-10-36-11-5-18)17-2-3-20(27)21(28)13-17/h2-3,13,15-16,18-19,22,29,34H,4-12,14H2,1H3/t16-,19-,22-/m1/s1. The number of rotatable bonds is 6. The molecule has 0 saturated carbocycles. The molecule has 0 radical (unpaired) electrons. The number of nitrogens with zero attached hydrogens (tertiary/aromatic N) is 4. The van der Waals surface area contributed by atoms with Crippen LogP contribution in [0.5, 0.6) is 0 Å². The Labute approximate surface area is 221 Å². The van der Waals surface area contributed by atoms with Crippen molar-refractivity contribution in [3.8, 4) is 0 Å². The van der Waals surface area contributed by atoms with Crippen molar-refractivity contribution in [3.05, 3.63) is 51.4 Å². The second kappa shape index (κ2) is 11.2. The van der Waals surface area contributed by atoms with Crippen LogP contribution in [0.25, 0.3) is 0 Å². The Morgan fingerprint density at radius 1 is 1.17 bits per heavy atom. The van der Waals surface area contributed by atoms with Crippen molar-refractivity contribution in [1.29, 1.82) is 0 Å². The lowest BCUT2D eigenvalue weighted by molar-refractivity contribution is -0.133. The van der Waals surface area contributed by atoms with Gasteiger partial charge in [-0.2, -0.15) is 0 Å². The maximum atomic E-state index is 13.8. The van der Waals surface area contributed by atoms with E-state index >= 15 is 0 Å². The molecule has 2 fully saturated rings. The van der Waals surface area contributed by atoms with Gasteiger partial charge < -0.3 is 25.0 Å². The first-order valence-electron chi connectivity index (χ1n) is 12.7. The van der Waals surface area contributed by atoms with E-state index in [1.165, 1.54) is 6.33 Å². The molecule has 2 aromatic rings. The second-order valence-electron chi connectivity index (χ2n) is 9.98. The van der Waals surface area contributed by atoms with Crippen LogP contribution < -0.4 is 10.2 Å². The van der Waals surface area contributed by atoms with Gasteiger partial charge in [-0.3, -0.25) is 4.79 Å². The Balaban J connectivity index is 1.29. The van der Waals surface area contributed by atoms with Gasteiger partial charge in [0.2, 0.25) is 5.91 Å². The first kappa shape index (κ1) is 25.7. The highest BCUT2D eigenvalue weighted by molar-refractivity contribution is 6.42. The van der Waals surface area contributed by atoms with Crippen molar-refractivity contribution in [2.24, 2.45) is 0 Å². The van der Waals surface area contributed by atoms with Crippen LogP contribution in [0.3, 0.4) is 0 Å². The molecule has 0 bridgehead atoms. The van der Waals surface area contributed by atoms with E-state index in [2.05, 4.69) is 27.1 Å². The van der Waals surface area contributed by atoms with Gasteiger partial charge in [-0.05, 0) is 42.9 Å². The smallest absolute Gasteiger partial charge is 0.231 e. The number of aromatic nitrogens is 2. The van der Waals surface area contributed by atoms with Gasteiger partial charge in [-0.25, -0.2) is 9.97 Å². The van der Waals surface area contributed by atoms with Gasteiger partial charge in [0.15, 0.2) is 0 Å². The molecule has 0 unspecified atom stereocenters. The Morgan fingerprint density at radius 3 is 2.64 bits per heavy atom. The topological polar surface area (TPSA) is 90.8 Å². The van der Waals surface area contributed by atoms with Crippen LogP contribution in [0.1, 0.15) is 60.9 Å². The number of ether oxygens (including phenoxy) is 1. The lowest BCUT2D eigenvalue weighted by Crippen LogP contribution is -2.52. The summed E-state index contributed by atoms with van der Waals surface area (Å²) in [6.07, 6.45) is 3.56. The van der Waals surface area contributed by atoms with Gasteiger partial charge >= 0.3 is 0 Å². The summed E-state index contributed by atoms with van der Waals surface area (Å²) in [5, 5.41) is 14.9. The molecule has 1 aromatic heterocycles. The normalized spacial score (nSPS) is 23.6. The lowest BCUT2D eigenvalue weighted by atomic mass is 9.96. The van der Waals surface area contributed by atoms with E-state index in [1.54, 1.807) is 6.07 Å². The fraction of sp³-hybridized carbons (Fsp3) is 0.577. The number of fused-ring (bicyclic) bond motifs is 1. The zero-order valence-corrected chi connectivity index (χ0v) is 22.0. The summed E-state index contributed by atoms with van der Waals surface area (Å²) in [5.74, 6) is 0.830. The molecule has 0 spiro atoms. The molecular formula is C26H33Cl2N5O3. The highest BCUT2D eigenvalue weighted by atomic mass is 35.5. The van der Waals surface area contributed by atoms with Crippen molar-refractivity contribution >= 4 is 34.9 Å². The number of halogens is 2. The number of nitrogens with one attached hydrogen (secondary N) is 1. The number of aliphatic hydroxyl groups excluding tert-OH is 1.